The molecule has 120 valence electrons. The molecule has 0 bridgehead atoms. The monoisotopic (exact) mass is 316 g/mol. The van der Waals surface area contributed by atoms with Crippen molar-refractivity contribution in [2.45, 2.75) is 6.61 Å². The molecule has 0 saturated heterocycles. The number of rotatable bonds is 6. The molecule has 0 atom stereocenters. The third-order valence-corrected chi connectivity index (χ3v) is 3.08. The van der Waals surface area contributed by atoms with Gasteiger partial charge in [-0.25, -0.2) is 9.18 Å². The van der Waals surface area contributed by atoms with Gasteiger partial charge in [0.05, 0.1) is 14.2 Å². The van der Waals surface area contributed by atoms with Gasteiger partial charge in [-0.05, 0) is 41.5 Å². The SMILES string of the molecule is COC(=O)/C=C/c1ccc(OC)c(OCc2cccc(F)c2)c1. The van der Waals surface area contributed by atoms with Crippen molar-refractivity contribution in [2.24, 2.45) is 0 Å². The lowest BCUT2D eigenvalue weighted by molar-refractivity contribution is -0.134. The van der Waals surface area contributed by atoms with Crippen LogP contribution < -0.4 is 9.47 Å². The van der Waals surface area contributed by atoms with Crippen LogP contribution in [0.3, 0.4) is 0 Å². The van der Waals surface area contributed by atoms with Crippen molar-refractivity contribution in [3.05, 3.63) is 65.5 Å². The Morgan fingerprint density at radius 1 is 1.13 bits per heavy atom. The summed E-state index contributed by atoms with van der Waals surface area (Å²) in [4.78, 5) is 11.1. The number of carbonyl (C=O) groups excluding carboxylic acids is 1. The summed E-state index contributed by atoms with van der Waals surface area (Å²) < 4.78 is 28.7. The van der Waals surface area contributed by atoms with Gasteiger partial charge in [0.2, 0.25) is 0 Å². The molecular formula is C18H17FO4. The van der Waals surface area contributed by atoms with E-state index in [-0.39, 0.29) is 12.4 Å². The van der Waals surface area contributed by atoms with Crippen LogP contribution in [0.4, 0.5) is 4.39 Å². The first-order chi connectivity index (χ1) is 11.1. The summed E-state index contributed by atoms with van der Waals surface area (Å²) in [5.41, 5.74) is 1.47. The van der Waals surface area contributed by atoms with Crippen molar-refractivity contribution in [3.8, 4) is 11.5 Å². The fourth-order valence-corrected chi connectivity index (χ4v) is 1.93. The Hall–Kier alpha value is -2.82. The average Bonchev–Trinajstić information content (AvgIpc) is 2.58. The summed E-state index contributed by atoms with van der Waals surface area (Å²) in [6.07, 6.45) is 2.93. The second-order valence-corrected chi connectivity index (χ2v) is 4.69. The number of carbonyl (C=O) groups is 1. The minimum absolute atomic E-state index is 0.207. The molecule has 0 fully saturated rings. The predicted octanol–water partition coefficient (Wildman–Crippen LogP) is 3.60. The molecule has 2 rings (SSSR count). The molecule has 0 aliphatic heterocycles. The number of benzene rings is 2. The van der Waals surface area contributed by atoms with Gasteiger partial charge >= 0.3 is 5.97 Å². The summed E-state index contributed by atoms with van der Waals surface area (Å²) in [6, 6.07) is 11.4. The molecule has 0 aliphatic rings. The van der Waals surface area contributed by atoms with Crippen LogP contribution in [0.1, 0.15) is 11.1 Å². The standard InChI is InChI=1S/C18H17FO4/c1-21-16-8-6-13(7-9-18(20)22-2)11-17(16)23-12-14-4-3-5-15(19)10-14/h3-11H,12H2,1-2H3/b9-7+. The van der Waals surface area contributed by atoms with E-state index >= 15 is 0 Å². The lowest BCUT2D eigenvalue weighted by Crippen LogP contribution is -1.98. The summed E-state index contributed by atoms with van der Waals surface area (Å²) in [6.45, 7) is 0.207. The minimum atomic E-state index is -0.442. The van der Waals surface area contributed by atoms with Crippen LogP contribution in [0, 0.1) is 5.82 Å². The highest BCUT2D eigenvalue weighted by molar-refractivity contribution is 5.87. The quantitative estimate of drug-likeness (QED) is 0.603. The van der Waals surface area contributed by atoms with E-state index < -0.39 is 5.97 Å². The van der Waals surface area contributed by atoms with Crippen LogP contribution in [-0.2, 0) is 16.1 Å². The first-order valence-electron chi connectivity index (χ1n) is 6.93. The zero-order valence-electron chi connectivity index (χ0n) is 12.9. The predicted molar refractivity (Wildman–Crippen MR) is 84.8 cm³/mol. The molecule has 0 amide bonds. The fraction of sp³-hybridized carbons (Fsp3) is 0.167. The molecule has 0 radical (unpaired) electrons. The highest BCUT2D eigenvalue weighted by Gasteiger charge is 2.06. The maximum atomic E-state index is 13.2. The molecule has 0 unspecified atom stereocenters. The van der Waals surface area contributed by atoms with Gasteiger partial charge in [-0.2, -0.15) is 0 Å². The Morgan fingerprint density at radius 2 is 1.96 bits per heavy atom. The zero-order valence-corrected chi connectivity index (χ0v) is 12.9. The molecule has 5 heteroatoms. The van der Waals surface area contributed by atoms with E-state index in [4.69, 9.17) is 9.47 Å². The van der Waals surface area contributed by atoms with Crippen LogP contribution in [0.5, 0.6) is 11.5 Å². The van der Waals surface area contributed by atoms with Crippen molar-refractivity contribution in [3.63, 3.8) is 0 Å². The Balaban J connectivity index is 2.15. The lowest BCUT2D eigenvalue weighted by atomic mass is 10.2. The molecule has 0 aliphatic carbocycles. The van der Waals surface area contributed by atoms with Crippen molar-refractivity contribution >= 4 is 12.0 Å². The average molecular weight is 316 g/mol. The van der Waals surface area contributed by atoms with Gasteiger partial charge in [0, 0.05) is 6.08 Å². The van der Waals surface area contributed by atoms with Crippen LogP contribution >= 0.6 is 0 Å². The number of halogens is 1. The summed E-state index contributed by atoms with van der Waals surface area (Å²) in [5.74, 6) is 0.302. The van der Waals surface area contributed by atoms with E-state index in [1.54, 1.807) is 36.4 Å². The topological polar surface area (TPSA) is 44.8 Å². The van der Waals surface area contributed by atoms with E-state index in [0.29, 0.717) is 17.1 Å². The van der Waals surface area contributed by atoms with Gasteiger partial charge in [0.25, 0.3) is 0 Å². The van der Waals surface area contributed by atoms with E-state index in [1.165, 1.54) is 32.4 Å². The Labute approximate surface area is 134 Å². The second kappa shape index (κ2) is 7.98. The first kappa shape index (κ1) is 16.5. The number of ether oxygens (including phenoxy) is 3. The molecule has 0 aromatic heterocycles. The fourth-order valence-electron chi connectivity index (χ4n) is 1.93. The lowest BCUT2D eigenvalue weighted by Gasteiger charge is -2.11. The van der Waals surface area contributed by atoms with Gasteiger partial charge in [0.15, 0.2) is 11.5 Å². The number of hydrogen-bond acceptors (Lipinski definition) is 4. The smallest absolute Gasteiger partial charge is 0.330 e. The Bertz CT molecular complexity index is 710. The van der Waals surface area contributed by atoms with E-state index in [0.717, 1.165) is 5.56 Å². The highest BCUT2D eigenvalue weighted by atomic mass is 19.1. The molecule has 4 nitrogen and oxygen atoms in total. The number of hydrogen-bond donors (Lipinski definition) is 0. The summed E-state index contributed by atoms with van der Waals surface area (Å²) in [5, 5.41) is 0. The van der Waals surface area contributed by atoms with Gasteiger partial charge < -0.3 is 14.2 Å². The maximum Gasteiger partial charge on any atom is 0.330 e. The van der Waals surface area contributed by atoms with Crippen LogP contribution in [0.25, 0.3) is 6.08 Å². The molecule has 2 aromatic rings. The minimum Gasteiger partial charge on any atom is -0.493 e. The van der Waals surface area contributed by atoms with Gasteiger partial charge in [-0.3, -0.25) is 0 Å². The van der Waals surface area contributed by atoms with E-state index in [1.807, 2.05) is 0 Å². The van der Waals surface area contributed by atoms with Gasteiger partial charge in [-0.1, -0.05) is 18.2 Å². The van der Waals surface area contributed by atoms with Gasteiger partial charge in [-0.15, -0.1) is 0 Å². The number of esters is 1. The molecular weight excluding hydrogens is 299 g/mol. The zero-order chi connectivity index (χ0) is 16.7. The third kappa shape index (κ3) is 4.85. The Morgan fingerprint density at radius 3 is 2.65 bits per heavy atom. The normalized spacial score (nSPS) is 10.6. The van der Waals surface area contributed by atoms with Gasteiger partial charge in [0.1, 0.15) is 12.4 Å². The largest absolute Gasteiger partial charge is 0.493 e. The van der Waals surface area contributed by atoms with Crippen molar-refractivity contribution in [2.75, 3.05) is 14.2 Å². The first-order valence-corrected chi connectivity index (χ1v) is 6.93. The third-order valence-electron chi connectivity index (χ3n) is 3.08. The number of methoxy groups -OCH3 is 2. The Kier molecular flexibility index (Phi) is 5.74. The highest BCUT2D eigenvalue weighted by Crippen LogP contribution is 2.29. The molecule has 23 heavy (non-hydrogen) atoms. The van der Waals surface area contributed by atoms with Crippen LogP contribution in [0.15, 0.2) is 48.5 Å². The molecule has 0 N–H and O–H groups in total. The van der Waals surface area contributed by atoms with E-state index in [9.17, 15) is 9.18 Å². The summed E-state index contributed by atoms with van der Waals surface area (Å²) in [7, 11) is 2.85. The van der Waals surface area contributed by atoms with Crippen molar-refractivity contribution in [1.82, 2.24) is 0 Å². The van der Waals surface area contributed by atoms with E-state index in [2.05, 4.69) is 4.74 Å². The molecule has 0 spiro atoms. The molecule has 0 heterocycles. The van der Waals surface area contributed by atoms with Crippen molar-refractivity contribution < 1.29 is 23.4 Å². The van der Waals surface area contributed by atoms with Crippen LogP contribution in [-0.4, -0.2) is 20.2 Å². The van der Waals surface area contributed by atoms with Crippen molar-refractivity contribution in [1.29, 1.82) is 0 Å². The molecule has 0 saturated carbocycles. The second-order valence-electron chi connectivity index (χ2n) is 4.69. The summed E-state index contributed by atoms with van der Waals surface area (Å²) >= 11 is 0. The molecule has 2 aromatic carbocycles. The van der Waals surface area contributed by atoms with Crippen LogP contribution in [0.2, 0.25) is 0 Å². The maximum absolute atomic E-state index is 13.2.